The Balaban J connectivity index is 2.37. The van der Waals surface area contributed by atoms with E-state index >= 15 is 4.39 Å². The predicted molar refractivity (Wildman–Crippen MR) is 91.6 cm³/mol. The van der Waals surface area contributed by atoms with Crippen LogP contribution in [-0.2, 0) is 0 Å². The van der Waals surface area contributed by atoms with Crippen LogP contribution >= 0.6 is 0 Å². The molecule has 0 saturated heterocycles. The number of fused-ring (bicyclic) bond motifs is 1. The van der Waals surface area contributed by atoms with Crippen LogP contribution < -0.4 is 0 Å². The summed E-state index contributed by atoms with van der Waals surface area (Å²) >= 11 is 0. The van der Waals surface area contributed by atoms with E-state index in [0.717, 1.165) is 5.56 Å². The third-order valence-electron chi connectivity index (χ3n) is 4.04. The van der Waals surface area contributed by atoms with Crippen LogP contribution in [0.5, 0.6) is 0 Å². The van der Waals surface area contributed by atoms with E-state index < -0.39 is 11.7 Å². The minimum atomic E-state index is -0.623. The van der Waals surface area contributed by atoms with Gasteiger partial charge in [-0.2, -0.15) is 5.26 Å². The lowest BCUT2D eigenvalue weighted by Crippen LogP contribution is -2.21. The Morgan fingerprint density at radius 2 is 2.04 bits per heavy atom. The number of rotatable bonds is 2. The lowest BCUT2D eigenvalue weighted by Gasteiger charge is -2.10. The smallest absolute Gasteiger partial charge is 0.309 e. The zero-order valence-corrected chi connectivity index (χ0v) is 14.3. The molecular formula is C19H16FN3O2. The Bertz CT molecular complexity index is 1040. The molecule has 5 nitrogen and oxygen atoms in total. The van der Waals surface area contributed by atoms with Gasteiger partial charge >= 0.3 is 5.91 Å². The van der Waals surface area contributed by atoms with Crippen LogP contribution in [0.15, 0.2) is 28.7 Å². The van der Waals surface area contributed by atoms with Gasteiger partial charge in [-0.15, -0.1) is 0 Å². The van der Waals surface area contributed by atoms with Gasteiger partial charge in [0.25, 0.3) is 5.89 Å². The first-order chi connectivity index (χ1) is 11.8. The summed E-state index contributed by atoms with van der Waals surface area (Å²) < 4.78 is 20.6. The van der Waals surface area contributed by atoms with Crippen molar-refractivity contribution < 1.29 is 13.6 Å². The van der Waals surface area contributed by atoms with Gasteiger partial charge in [-0.1, -0.05) is 29.8 Å². The fourth-order valence-electron chi connectivity index (χ4n) is 2.78. The van der Waals surface area contributed by atoms with E-state index in [-0.39, 0.29) is 28.1 Å². The summed E-state index contributed by atoms with van der Waals surface area (Å²) in [7, 11) is 3.09. The molecule has 0 N–H and O–H groups in total. The van der Waals surface area contributed by atoms with Gasteiger partial charge in [-0.3, -0.25) is 4.79 Å². The molecule has 0 saturated carbocycles. The van der Waals surface area contributed by atoms with Crippen molar-refractivity contribution in [1.29, 1.82) is 5.26 Å². The summed E-state index contributed by atoms with van der Waals surface area (Å²) in [5.41, 5.74) is 2.46. The zero-order chi connectivity index (χ0) is 18.3. The lowest BCUT2D eigenvalue weighted by molar-refractivity contribution is 0.0791. The second-order valence-electron chi connectivity index (χ2n) is 6.07. The molecule has 1 heterocycles. The maximum Gasteiger partial charge on any atom is 0.309 e. The second-order valence-corrected chi connectivity index (χ2v) is 6.07. The molecule has 3 aromatic rings. The number of oxazole rings is 1. The van der Waals surface area contributed by atoms with E-state index in [1.165, 1.54) is 4.90 Å². The van der Waals surface area contributed by atoms with E-state index in [1.807, 2.05) is 25.1 Å². The minimum Gasteiger partial charge on any atom is -0.429 e. The number of hydrogen-bond donors (Lipinski definition) is 0. The monoisotopic (exact) mass is 337 g/mol. The van der Waals surface area contributed by atoms with Crippen LogP contribution in [0.3, 0.4) is 0 Å². The summed E-state index contributed by atoms with van der Waals surface area (Å²) in [5, 5.41) is 9.54. The number of carbonyl (C=O) groups excluding carboxylic acids is 1. The van der Waals surface area contributed by atoms with E-state index in [9.17, 15) is 10.1 Å². The van der Waals surface area contributed by atoms with Crippen LogP contribution in [0.4, 0.5) is 4.39 Å². The number of nitriles is 1. The zero-order valence-electron chi connectivity index (χ0n) is 14.3. The molecule has 1 aromatic heterocycles. The summed E-state index contributed by atoms with van der Waals surface area (Å²) in [6, 6.07) is 9.39. The van der Waals surface area contributed by atoms with E-state index in [2.05, 4.69) is 11.1 Å². The highest BCUT2D eigenvalue weighted by atomic mass is 19.1. The number of aromatic nitrogens is 1. The van der Waals surface area contributed by atoms with Crippen molar-refractivity contribution in [1.82, 2.24) is 9.88 Å². The topological polar surface area (TPSA) is 70.1 Å². The molecule has 0 unspecified atom stereocenters. The number of aryl methyl sites for hydroxylation is 1. The van der Waals surface area contributed by atoms with Crippen LogP contribution in [0.2, 0.25) is 0 Å². The van der Waals surface area contributed by atoms with E-state index in [1.54, 1.807) is 27.1 Å². The molecule has 0 radical (unpaired) electrons. The molecule has 1 amide bonds. The number of hydrogen-bond acceptors (Lipinski definition) is 4. The maximum absolute atomic E-state index is 15.2. The molecule has 6 heteroatoms. The Morgan fingerprint density at radius 1 is 1.32 bits per heavy atom. The molecule has 0 aliphatic carbocycles. The van der Waals surface area contributed by atoms with Gasteiger partial charge in [-0.05, 0) is 25.0 Å². The summed E-state index contributed by atoms with van der Waals surface area (Å²) in [5.74, 6) is -1.35. The number of amides is 1. The average Bonchev–Trinajstić information content (AvgIpc) is 3.00. The lowest BCUT2D eigenvalue weighted by atomic mass is 9.94. The van der Waals surface area contributed by atoms with Crippen molar-refractivity contribution in [3.05, 3.63) is 52.7 Å². The van der Waals surface area contributed by atoms with Crippen LogP contribution in [-0.4, -0.2) is 29.9 Å². The van der Waals surface area contributed by atoms with Crippen molar-refractivity contribution in [3.63, 3.8) is 0 Å². The largest absolute Gasteiger partial charge is 0.429 e. The van der Waals surface area contributed by atoms with E-state index in [0.29, 0.717) is 11.1 Å². The first-order valence-electron chi connectivity index (χ1n) is 7.66. The highest BCUT2D eigenvalue weighted by Crippen LogP contribution is 2.36. The van der Waals surface area contributed by atoms with E-state index in [4.69, 9.17) is 4.42 Å². The van der Waals surface area contributed by atoms with Crippen molar-refractivity contribution >= 4 is 17.0 Å². The highest BCUT2D eigenvalue weighted by Gasteiger charge is 2.25. The van der Waals surface area contributed by atoms with Crippen molar-refractivity contribution in [2.75, 3.05) is 14.1 Å². The summed E-state index contributed by atoms with van der Waals surface area (Å²) in [6.45, 7) is 3.57. The molecule has 0 atom stereocenters. The fourth-order valence-corrected chi connectivity index (χ4v) is 2.78. The third kappa shape index (κ3) is 2.64. The molecule has 3 rings (SSSR count). The first kappa shape index (κ1) is 16.7. The van der Waals surface area contributed by atoms with Crippen LogP contribution in [0, 0.1) is 31.0 Å². The van der Waals surface area contributed by atoms with Gasteiger partial charge in [0.15, 0.2) is 11.4 Å². The Kier molecular flexibility index (Phi) is 4.01. The Labute approximate surface area is 144 Å². The molecule has 0 aliphatic heterocycles. The Hall–Kier alpha value is -3.20. The van der Waals surface area contributed by atoms with Crippen molar-refractivity contribution in [2.24, 2.45) is 0 Å². The average molecular weight is 337 g/mol. The SMILES string of the molecule is Cc1cccc(-c2c(C)c(C#N)c3nc(C(=O)N(C)C)oc3c2F)c1. The van der Waals surface area contributed by atoms with Crippen molar-refractivity contribution in [2.45, 2.75) is 13.8 Å². The molecule has 0 fully saturated rings. The minimum absolute atomic E-state index is 0.0686. The summed E-state index contributed by atoms with van der Waals surface area (Å²) in [6.07, 6.45) is 0. The maximum atomic E-state index is 15.2. The third-order valence-corrected chi connectivity index (χ3v) is 4.04. The molecule has 126 valence electrons. The van der Waals surface area contributed by atoms with Gasteiger partial charge < -0.3 is 9.32 Å². The molecular weight excluding hydrogens is 321 g/mol. The number of nitrogens with zero attached hydrogens (tertiary/aromatic N) is 3. The quantitative estimate of drug-likeness (QED) is 0.713. The fraction of sp³-hybridized carbons (Fsp3) is 0.211. The van der Waals surface area contributed by atoms with Gasteiger partial charge in [-0.25, -0.2) is 9.37 Å². The molecule has 0 aliphatic rings. The predicted octanol–water partition coefficient (Wildman–Crippen LogP) is 3.82. The second kappa shape index (κ2) is 6.02. The highest BCUT2D eigenvalue weighted by molar-refractivity contribution is 5.95. The molecule has 2 aromatic carbocycles. The first-order valence-corrected chi connectivity index (χ1v) is 7.66. The standard InChI is InChI=1S/C19H16FN3O2/c1-10-6-5-7-12(8-10)14-11(2)13(9-21)16-17(15(14)20)25-18(22-16)19(24)23(3)4/h5-8H,1-4H3. The van der Waals surface area contributed by atoms with Crippen LogP contribution in [0.1, 0.15) is 27.4 Å². The van der Waals surface area contributed by atoms with Crippen LogP contribution in [0.25, 0.3) is 22.2 Å². The normalized spacial score (nSPS) is 10.7. The van der Waals surface area contributed by atoms with Crippen molar-refractivity contribution in [3.8, 4) is 17.2 Å². The molecule has 0 spiro atoms. The Morgan fingerprint density at radius 3 is 2.64 bits per heavy atom. The summed E-state index contributed by atoms with van der Waals surface area (Å²) in [4.78, 5) is 17.4. The molecule has 0 bridgehead atoms. The number of benzene rings is 2. The van der Waals surface area contributed by atoms with Gasteiger partial charge in [0.2, 0.25) is 0 Å². The molecule has 25 heavy (non-hydrogen) atoms. The van der Waals surface area contributed by atoms with Gasteiger partial charge in [0.05, 0.1) is 5.56 Å². The number of carbonyl (C=O) groups is 1. The number of halogens is 1. The van der Waals surface area contributed by atoms with Gasteiger partial charge in [0.1, 0.15) is 11.6 Å². The van der Waals surface area contributed by atoms with Gasteiger partial charge in [0, 0.05) is 19.7 Å².